The number of aryl methyl sites for hydroxylation is 1. The van der Waals surface area contributed by atoms with Gasteiger partial charge in [-0.3, -0.25) is 14.5 Å². The number of aromatic amines is 1. The minimum absolute atomic E-state index is 0.0260. The maximum atomic E-state index is 13.4. The minimum Gasteiger partial charge on any atom is -0.382 e. The van der Waals surface area contributed by atoms with E-state index in [1.807, 2.05) is 32.0 Å². The summed E-state index contributed by atoms with van der Waals surface area (Å²) in [5.74, 6) is 0.526. The summed E-state index contributed by atoms with van der Waals surface area (Å²) in [6.07, 6.45) is 3.68. The van der Waals surface area contributed by atoms with Gasteiger partial charge in [0.25, 0.3) is 5.56 Å². The lowest BCUT2D eigenvalue weighted by Crippen LogP contribution is -2.28. The Bertz CT molecular complexity index is 1370. The number of aromatic nitrogens is 6. The van der Waals surface area contributed by atoms with Crippen molar-refractivity contribution in [3.8, 4) is 11.8 Å². The molecule has 1 atom stereocenters. The van der Waals surface area contributed by atoms with Gasteiger partial charge in [0.2, 0.25) is 5.95 Å². The average molecular weight is 416 g/mol. The van der Waals surface area contributed by atoms with E-state index in [9.17, 15) is 10.1 Å². The van der Waals surface area contributed by atoms with Crippen LogP contribution in [0.3, 0.4) is 0 Å². The fourth-order valence-corrected chi connectivity index (χ4v) is 3.44. The van der Waals surface area contributed by atoms with Crippen LogP contribution in [0.1, 0.15) is 36.3 Å². The number of nitrogens with two attached hydrogens (primary N) is 2. The number of rotatable bonds is 5. The maximum absolute atomic E-state index is 13.4. The molecular formula is C20H20N10O. The molecule has 3 aromatic heterocycles. The van der Waals surface area contributed by atoms with Gasteiger partial charge in [-0.1, -0.05) is 19.1 Å². The Labute approximate surface area is 176 Å². The first kappa shape index (κ1) is 19.8. The van der Waals surface area contributed by atoms with Crippen molar-refractivity contribution < 1.29 is 0 Å². The molecule has 0 fully saturated rings. The molecule has 0 saturated heterocycles. The lowest BCUT2D eigenvalue weighted by molar-refractivity contribution is 0.658. The van der Waals surface area contributed by atoms with Gasteiger partial charge in [-0.2, -0.15) is 20.3 Å². The van der Waals surface area contributed by atoms with Crippen molar-refractivity contribution in [2.45, 2.75) is 26.3 Å². The van der Waals surface area contributed by atoms with Crippen molar-refractivity contribution >= 4 is 28.5 Å². The number of fused-ring (bicyclic) bond motifs is 1. The summed E-state index contributed by atoms with van der Waals surface area (Å²) in [7, 11) is 0. The Balaban J connectivity index is 1.96. The summed E-state index contributed by atoms with van der Waals surface area (Å²) in [4.78, 5) is 26.2. The first-order chi connectivity index (χ1) is 14.9. The Hall–Kier alpha value is -4.46. The predicted octanol–water partition coefficient (Wildman–Crippen LogP) is 1.81. The van der Waals surface area contributed by atoms with Gasteiger partial charge >= 0.3 is 0 Å². The van der Waals surface area contributed by atoms with Crippen molar-refractivity contribution in [2.24, 2.45) is 0 Å². The van der Waals surface area contributed by atoms with Gasteiger partial charge in [0.05, 0.1) is 28.8 Å². The summed E-state index contributed by atoms with van der Waals surface area (Å²) < 4.78 is 1.49. The number of hydrogen-bond acceptors (Lipinski definition) is 9. The van der Waals surface area contributed by atoms with E-state index in [-0.39, 0.29) is 28.7 Å². The van der Waals surface area contributed by atoms with E-state index >= 15 is 0 Å². The van der Waals surface area contributed by atoms with E-state index in [0.29, 0.717) is 28.8 Å². The van der Waals surface area contributed by atoms with Crippen LogP contribution in [0, 0.1) is 18.3 Å². The smallest absolute Gasteiger partial charge is 0.266 e. The molecule has 11 heteroatoms. The molecule has 4 aromatic rings. The SMILES string of the molecule is CCC(Nc1nc(N)nc(N)c1C#N)c1nc2c(C)cccc2c(=O)n1-c1cn[nH]c1. The highest BCUT2D eigenvalue weighted by atomic mass is 16.1. The fourth-order valence-electron chi connectivity index (χ4n) is 3.44. The van der Waals surface area contributed by atoms with E-state index in [0.717, 1.165) is 5.56 Å². The second-order valence-corrected chi connectivity index (χ2v) is 6.95. The number of hydrogen-bond donors (Lipinski definition) is 4. The van der Waals surface area contributed by atoms with Crippen LogP contribution in [0.25, 0.3) is 16.6 Å². The molecule has 156 valence electrons. The molecular weight excluding hydrogens is 396 g/mol. The molecule has 11 nitrogen and oxygen atoms in total. The minimum atomic E-state index is -0.493. The molecule has 0 aliphatic carbocycles. The Morgan fingerprint density at radius 2 is 2.10 bits per heavy atom. The molecule has 0 saturated carbocycles. The van der Waals surface area contributed by atoms with Crippen LogP contribution in [-0.4, -0.2) is 29.7 Å². The quantitative estimate of drug-likeness (QED) is 0.377. The van der Waals surface area contributed by atoms with Gasteiger partial charge in [-0.25, -0.2) is 4.98 Å². The van der Waals surface area contributed by atoms with Crippen LogP contribution in [0.4, 0.5) is 17.6 Å². The lowest BCUT2D eigenvalue weighted by Gasteiger charge is -2.22. The molecule has 3 heterocycles. The normalized spacial score (nSPS) is 11.9. The van der Waals surface area contributed by atoms with Crippen LogP contribution in [0.5, 0.6) is 0 Å². The van der Waals surface area contributed by atoms with Gasteiger partial charge in [-0.15, -0.1) is 0 Å². The van der Waals surface area contributed by atoms with Crippen molar-refractivity contribution in [1.29, 1.82) is 5.26 Å². The third-order valence-electron chi connectivity index (χ3n) is 4.97. The van der Waals surface area contributed by atoms with Gasteiger partial charge in [0, 0.05) is 6.20 Å². The van der Waals surface area contributed by atoms with Crippen molar-refractivity contribution in [3.63, 3.8) is 0 Å². The number of anilines is 3. The van der Waals surface area contributed by atoms with Gasteiger partial charge in [0.1, 0.15) is 23.3 Å². The number of para-hydroxylation sites is 1. The summed E-state index contributed by atoms with van der Waals surface area (Å²) in [6.45, 7) is 3.82. The molecule has 0 bridgehead atoms. The van der Waals surface area contributed by atoms with Crippen LogP contribution in [0.15, 0.2) is 35.4 Å². The van der Waals surface area contributed by atoms with Crippen LogP contribution >= 0.6 is 0 Å². The van der Waals surface area contributed by atoms with E-state index in [4.69, 9.17) is 16.5 Å². The highest BCUT2D eigenvalue weighted by Gasteiger charge is 2.23. The first-order valence-electron chi connectivity index (χ1n) is 9.55. The summed E-state index contributed by atoms with van der Waals surface area (Å²) >= 11 is 0. The van der Waals surface area contributed by atoms with Crippen molar-refractivity contribution in [1.82, 2.24) is 29.7 Å². The van der Waals surface area contributed by atoms with Crippen LogP contribution < -0.4 is 22.3 Å². The number of nitriles is 1. The fraction of sp³-hybridized carbons (Fsp3) is 0.200. The second-order valence-electron chi connectivity index (χ2n) is 6.95. The Kier molecular flexibility index (Phi) is 4.96. The van der Waals surface area contributed by atoms with Crippen LogP contribution in [0.2, 0.25) is 0 Å². The number of nitrogens with one attached hydrogen (secondary N) is 2. The highest BCUT2D eigenvalue weighted by molar-refractivity contribution is 5.81. The van der Waals surface area contributed by atoms with Gasteiger partial charge in [0.15, 0.2) is 5.82 Å². The summed E-state index contributed by atoms with van der Waals surface area (Å²) in [5.41, 5.74) is 13.4. The average Bonchev–Trinajstić information content (AvgIpc) is 3.26. The number of nitrogen functional groups attached to an aromatic ring is 2. The number of benzene rings is 1. The third kappa shape index (κ3) is 3.40. The predicted molar refractivity (Wildman–Crippen MR) is 116 cm³/mol. The second kappa shape index (κ2) is 7.75. The zero-order valence-electron chi connectivity index (χ0n) is 16.9. The zero-order chi connectivity index (χ0) is 22.1. The van der Waals surface area contributed by atoms with Crippen LogP contribution in [-0.2, 0) is 0 Å². The molecule has 0 aliphatic heterocycles. The zero-order valence-corrected chi connectivity index (χ0v) is 16.9. The first-order valence-corrected chi connectivity index (χ1v) is 9.55. The van der Waals surface area contributed by atoms with Gasteiger partial charge in [-0.05, 0) is 25.0 Å². The maximum Gasteiger partial charge on any atom is 0.266 e. The van der Waals surface area contributed by atoms with E-state index < -0.39 is 6.04 Å². The molecule has 1 unspecified atom stereocenters. The topological polar surface area (TPSA) is 177 Å². The standard InChI is InChI=1S/C20H20N10O/c1-3-14(26-17-13(7-21)16(22)28-20(23)29-17)18-27-15-10(2)5-4-6-12(15)19(31)30(18)11-8-24-25-9-11/h4-6,8-9,14H,3H2,1-2H3,(H,24,25)(H5,22,23,26,28,29). The molecule has 31 heavy (non-hydrogen) atoms. The van der Waals surface area contributed by atoms with Crippen molar-refractivity contribution in [2.75, 3.05) is 16.8 Å². The number of nitrogens with zero attached hydrogens (tertiary/aromatic N) is 6. The molecule has 6 N–H and O–H groups in total. The summed E-state index contributed by atoms with van der Waals surface area (Å²) in [5, 5.41) is 19.9. The molecule has 0 spiro atoms. The molecule has 1 aromatic carbocycles. The third-order valence-corrected chi connectivity index (χ3v) is 4.97. The van der Waals surface area contributed by atoms with E-state index in [2.05, 4.69) is 25.5 Å². The van der Waals surface area contributed by atoms with Gasteiger partial charge < -0.3 is 16.8 Å². The van der Waals surface area contributed by atoms with E-state index in [1.165, 1.54) is 4.57 Å². The molecule has 0 aliphatic rings. The lowest BCUT2D eigenvalue weighted by atomic mass is 10.1. The summed E-state index contributed by atoms with van der Waals surface area (Å²) in [6, 6.07) is 6.96. The monoisotopic (exact) mass is 416 g/mol. The Morgan fingerprint density at radius 3 is 2.77 bits per heavy atom. The largest absolute Gasteiger partial charge is 0.382 e. The molecule has 0 amide bonds. The molecule has 4 rings (SSSR count). The number of H-pyrrole nitrogens is 1. The highest BCUT2D eigenvalue weighted by Crippen LogP contribution is 2.27. The Morgan fingerprint density at radius 1 is 1.29 bits per heavy atom. The van der Waals surface area contributed by atoms with E-state index in [1.54, 1.807) is 18.5 Å². The molecule has 0 radical (unpaired) electrons. The van der Waals surface area contributed by atoms with Crippen molar-refractivity contribution in [3.05, 3.63) is 57.9 Å².